The lowest BCUT2D eigenvalue weighted by atomic mass is 10.2. The Morgan fingerprint density at radius 3 is 3.00 bits per heavy atom. The molecule has 0 amide bonds. The molecule has 0 saturated carbocycles. The van der Waals surface area contributed by atoms with Gasteiger partial charge in [-0.1, -0.05) is 22.0 Å². The van der Waals surface area contributed by atoms with Crippen LogP contribution in [0.25, 0.3) is 0 Å². The van der Waals surface area contributed by atoms with Gasteiger partial charge in [0.05, 0.1) is 13.2 Å². The van der Waals surface area contributed by atoms with Crippen LogP contribution in [0, 0.1) is 5.82 Å². The van der Waals surface area contributed by atoms with Gasteiger partial charge in [0.1, 0.15) is 5.82 Å². The summed E-state index contributed by atoms with van der Waals surface area (Å²) in [5, 5.41) is 1.90. The zero-order chi connectivity index (χ0) is 9.97. The summed E-state index contributed by atoms with van der Waals surface area (Å²) in [5.41, 5.74) is 1.05. The molecule has 0 atom stereocenters. The second-order valence-electron chi connectivity index (χ2n) is 3.29. The number of hydrogen-bond acceptors (Lipinski definition) is 2. The van der Waals surface area contributed by atoms with Crippen LogP contribution < -0.4 is 0 Å². The van der Waals surface area contributed by atoms with E-state index >= 15 is 0 Å². The Hall–Kier alpha value is -0.450. The molecular formula is C10H11BrFNO. The summed E-state index contributed by atoms with van der Waals surface area (Å²) >= 11 is 3.33. The molecule has 2 rings (SSSR count). The lowest BCUT2D eigenvalue weighted by Crippen LogP contribution is -2.17. The van der Waals surface area contributed by atoms with E-state index in [9.17, 15) is 4.39 Å². The monoisotopic (exact) mass is 259 g/mol. The van der Waals surface area contributed by atoms with Gasteiger partial charge in [-0.2, -0.15) is 5.06 Å². The largest absolute Gasteiger partial charge is 0.299 e. The van der Waals surface area contributed by atoms with E-state index < -0.39 is 0 Å². The minimum Gasteiger partial charge on any atom is -0.299 e. The lowest BCUT2D eigenvalue weighted by molar-refractivity contribution is -0.117. The number of benzene rings is 1. The summed E-state index contributed by atoms with van der Waals surface area (Å²) in [6.45, 7) is 2.45. The third kappa shape index (κ3) is 2.32. The van der Waals surface area contributed by atoms with Crippen LogP contribution in [-0.4, -0.2) is 18.2 Å². The topological polar surface area (TPSA) is 12.5 Å². The first-order valence-corrected chi connectivity index (χ1v) is 5.37. The van der Waals surface area contributed by atoms with Gasteiger partial charge in [-0.05, 0) is 24.1 Å². The Balaban J connectivity index is 2.08. The maximum Gasteiger partial charge on any atom is 0.124 e. The Morgan fingerprint density at radius 1 is 1.50 bits per heavy atom. The highest BCUT2D eigenvalue weighted by molar-refractivity contribution is 9.10. The van der Waals surface area contributed by atoms with Crippen molar-refractivity contribution in [1.29, 1.82) is 0 Å². The first kappa shape index (κ1) is 10.1. The Bertz CT molecular complexity index is 326. The first-order chi connectivity index (χ1) is 6.75. The summed E-state index contributed by atoms with van der Waals surface area (Å²) < 4.78 is 13.6. The Morgan fingerprint density at radius 2 is 2.36 bits per heavy atom. The molecule has 0 spiro atoms. The average Bonchev–Trinajstić information content (AvgIpc) is 2.62. The van der Waals surface area contributed by atoms with Crippen molar-refractivity contribution >= 4 is 15.9 Å². The number of halogens is 2. The van der Waals surface area contributed by atoms with Crippen molar-refractivity contribution in [2.45, 2.75) is 13.0 Å². The van der Waals surface area contributed by atoms with Crippen LogP contribution >= 0.6 is 15.9 Å². The second kappa shape index (κ2) is 4.38. The van der Waals surface area contributed by atoms with E-state index in [-0.39, 0.29) is 5.82 Å². The van der Waals surface area contributed by atoms with Crippen molar-refractivity contribution in [2.24, 2.45) is 0 Å². The van der Waals surface area contributed by atoms with Gasteiger partial charge in [0.25, 0.3) is 0 Å². The highest BCUT2D eigenvalue weighted by Gasteiger charge is 2.14. The van der Waals surface area contributed by atoms with Crippen molar-refractivity contribution in [3.8, 4) is 0 Å². The molecule has 0 aromatic heterocycles. The third-order valence-electron chi connectivity index (χ3n) is 2.19. The molecule has 1 aromatic carbocycles. The van der Waals surface area contributed by atoms with Gasteiger partial charge in [0.15, 0.2) is 0 Å². The summed E-state index contributed by atoms with van der Waals surface area (Å²) in [4.78, 5) is 5.36. The predicted octanol–water partition coefficient (Wildman–Crippen LogP) is 2.73. The highest BCUT2D eigenvalue weighted by atomic mass is 79.9. The van der Waals surface area contributed by atoms with Crippen LogP contribution in [-0.2, 0) is 11.4 Å². The van der Waals surface area contributed by atoms with Gasteiger partial charge in [-0.3, -0.25) is 4.84 Å². The fourth-order valence-electron chi connectivity index (χ4n) is 1.46. The molecule has 1 aliphatic rings. The minimum atomic E-state index is -0.219. The molecule has 1 aromatic rings. The molecule has 0 N–H and O–H groups in total. The van der Waals surface area contributed by atoms with Crippen LogP contribution in [0.4, 0.5) is 4.39 Å². The number of hydrogen-bond donors (Lipinski definition) is 0. The summed E-state index contributed by atoms with van der Waals surface area (Å²) in [6.07, 6.45) is 1.07. The molecule has 76 valence electrons. The first-order valence-electron chi connectivity index (χ1n) is 4.57. The maximum atomic E-state index is 12.8. The van der Waals surface area contributed by atoms with Gasteiger partial charge < -0.3 is 0 Å². The van der Waals surface area contributed by atoms with E-state index in [1.54, 1.807) is 6.07 Å². The average molecular weight is 260 g/mol. The number of hydroxylamine groups is 2. The van der Waals surface area contributed by atoms with E-state index in [4.69, 9.17) is 4.84 Å². The van der Waals surface area contributed by atoms with Crippen LogP contribution in [0.1, 0.15) is 12.0 Å². The van der Waals surface area contributed by atoms with Gasteiger partial charge in [0.2, 0.25) is 0 Å². The minimum absolute atomic E-state index is 0.219. The van der Waals surface area contributed by atoms with Gasteiger partial charge in [-0.15, -0.1) is 0 Å². The van der Waals surface area contributed by atoms with Crippen molar-refractivity contribution in [3.63, 3.8) is 0 Å². The molecular weight excluding hydrogens is 249 g/mol. The molecule has 0 radical (unpaired) electrons. The molecule has 4 heteroatoms. The molecule has 14 heavy (non-hydrogen) atoms. The maximum absolute atomic E-state index is 12.8. The van der Waals surface area contributed by atoms with Crippen molar-refractivity contribution < 1.29 is 9.23 Å². The number of rotatable bonds is 2. The Labute approximate surface area is 90.7 Å². The predicted molar refractivity (Wildman–Crippen MR) is 55.1 cm³/mol. The van der Waals surface area contributed by atoms with E-state index in [1.807, 2.05) is 5.06 Å². The molecule has 0 aliphatic carbocycles. The SMILES string of the molecule is Fc1ccc(CN2CCCO2)c(Br)c1. The standard InChI is InChI=1S/C10H11BrFNO/c11-10-6-9(12)3-2-8(10)7-13-4-1-5-14-13/h2-3,6H,1,4-5,7H2. The quantitative estimate of drug-likeness (QED) is 0.810. The Kier molecular flexibility index (Phi) is 3.15. The van der Waals surface area contributed by atoms with Crippen LogP contribution in [0.3, 0.4) is 0 Å². The molecule has 1 aliphatic heterocycles. The molecule has 1 saturated heterocycles. The van der Waals surface area contributed by atoms with E-state index in [1.165, 1.54) is 12.1 Å². The third-order valence-corrected chi connectivity index (χ3v) is 2.93. The second-order valence-corrected chi connectivity index (χ2v) is 4.14. The van der Waals surface area contributed by atoms with Crippen LogP contribution in [0.15, 0.2) is 22.7 Å². The molecule has 0 unspecified atom stereocenters. The molecule has 0 bridgehead atoms. The molecule has 1 heterocycles. The van der Waals surface area contributed by atoms with Gasteiger partial charge >= 0.3 is 0 Å². The van der Waals surface area contributed by atoms with Crippen LogP contribution in [0.5, 0.6) is 0 Å². The normalized spacial score (nSPS) is 17.6. The van der Waals surface area contributed by atoms with Crippen LogP contribution in [0.2, 0.25) is 0 Å². The van der Waals surface area contributed by atoms with Gasteiger partial charge in [0, 0.05) is 11.0 Å². The highest BCUT2D eigenvalue weighted by Crippen LogP contribution is 2.21. The molecule has 1 fully saturated rings. The van der Waals surface area contributed by atoms with E-state index in [0.29, 0.717) is 6.54 Å². The van der Waals surface area contributed by atoms with E-state index in [2.05, 4.69) is 15.9 Å². The van der Waals surface area contributed by atoms with Crippen molar-refractivity contribution in [3.05, 3.63) is 34.1 Å². The summed E-state index contributed by atoms with van der Waals surface area (Å²) in [5.74, 6) is -0.219. The summed E-state index contributed by atoms with van der Waals surface area (Å²) in [7, 11) is 0. The van der Waals surface area contributed by atoms with Crippen molar-refractivity contribution in [2.75, 3.05) is 13.2 Å². The van der Waals surface area contributed by atoms with Crippen molar-refractivity contribution in [1.82, 2.24) is 5.06 Å². The fraction of sp³-hybridized carbons (Fsp3) is 0.400. The fourth-order valence-corrected chi connectivity index (χ4v) is 1.94. The summed E-state index contributed by atoms with van der Waals surface area (Å²) in [6, 6.07) is 4.72. The van der Waals surface area contributed by atoms with E-state index in [0.717, 1.165) is 29.6 Å². The lowest BCUT2D eigenvalue weighted by Gasteiger charge is -2.14. The smallest absolute Gasteiger partial charge is 0.124 e. The van der Waals surface area contributed by atoms with Gasteiger partial charge in [-0.25, -0.2) is 4.39 Å². The molecule has 2 nitrogen and oxygen atoms in total. The zero-order valence-corrected chi connectivity index (χ0v) is 9.26. The zero-order valence-electron chi connectivity index (χ0n) is 7.67. The number of nitrogens with zero attached hydrogens (tertiary/aromatic N) is 1.